The lowest BCUT2D eigenvalue weighted by molar-refractivity contribution is -0.117. The Balaban J connectivity index is 1.87. The van der Waals surface area contributed by atoms with E-state index in [0.717, 1.165) is 0 Å². The van der Waals surface area contributed by atoms with Crippen LogP contribution in [0.2, 0.25) is 0 Å². The van der Waals surface area contributed by atoms with Gasteiger partial charge in [0.1, 0.15) is 0 Å². The first-order chi connectivity index (χ1) is 6.23. The lowest BCUT2D eigenvalue weighted by Crippen LogP contribution is -2.48. The molecule has 0 aromatic heterocycles. The minimum Gasteiger partial charge on any atom is -0.369 e. The van der Waals surface area contributed by atoms with E-state index in [1.54, 1.807) is 0 Å². The minimum absolute atomic E-state index is 0.235. The molecule has 0 aliphatic heterocycles. The van der Waals surface area contributed by atoms with Crippen molar-refractivity contribution in [2.75, 3.05) is 6.54 Å². The molecule has 1 amide bonds. The Morgan fingerprint density at radius 1 is 1.38 bits per heavy atom. The van der Waals surface area contributed by atoms with Gasteiger partial charge in [0.2, 0.25) is 5.91 Å². The number of nitrogens with one attached hydrogen (secondary N) is 1. The molecule has 3 N–H and O–H groups in total. The van der Waals surface area contributed by atoms with Gasteiger partial charge in [-0.1, -0.05) is 12.8 Å². The molecule has 0 heterocycles. The summed E-state index contributed by atoms with van der Waals surface area (Å²) in [6.07, 6.45) is 7.97. The van der Waals surface area contributed by atoms with Gasteiger partial charge in [-0.25, -0.2) is 0 Å². The second-order valence-electron chi connectivity index (χ2n) is 4.51. The Morgan fingerprint density at radius 2 is 2.08 bits per heavy atom. The zero-order valence-corrected chi connectivity index (χ0v) is 8.01. The molecule has 1 unspecified atom stereocenters. The number of hydrogen-bond acceptors (Lipinski definition) is 2. The molecule has 2 saturated carbocycles. The molecule has 3 heteroatoms. The smallest absolute Gasteiger partial charge is 0.231 e. The van der Waals surface area contributed by atoms with Gasteiger partial charge in [-0.2, -0.15) is 0 Å². The van der Waals surface area contributed by atoms with Gasteiger partial charge in [0.25, 0.3) is 0 Å². The number of primary amides is 1. The third-order valence-corrected chi connectivity index (χ3v) is 3.78. The van der Waals surface area contributed by atoms with Crippen molar-refractivity contribution < 1.29 is 4.79 Å². The van der Waals surface area contributed by atoms with Gasteiger partial charge < -0.3 is 11.1 Å². The van der Waals surface area contributed by atoms with Crippen molar-refractivity contribution in [1.29, 1.82) is 0 Å². The molecule has 0 saturated heterocycles. The maximum Gasteiger partial charge on any atom is 0.231 e. The van der Waals surface area contributed by atoms with Crippen LogP contribution in [0.15, 0.2) is 0 Å². The Bertz CT molecular complexity index is 211. The molecular weight excluding hydrogens is 164 g/mol. The third-order valence-electron chi connectivity index (χ3n) is 3.78. The van der Waals surface area contributed by atoms with Gasteiger partial charge in [-0.3, -0.25) is 4.79 Å². The van der Waals surface area contributed by atoms with Crippen molar-refractivity contribution in [2.45, 2.75) is 44.6 Å². The fourth-order valence-electron chi connectivity index (χ4n) is 2.91. The van der Waals surface area contributed by atoms with Crippen molar-refractivity contribution in [1.82, 2.24) is 5.32 Å². The second kappa shape index (κ2) is 3.29. The van der Waals surface area contributed by atoms with E-state index in [-0.39, 0.29) is 5.91 Å². The summed E-state index contributed by atoms with van der Waals surface area (Å²) in [5.74, 6) is -0.235. The third kappa shape index (κ3) is 1.57. The number of carbonyl (C=O) groups excluding carboxylic acids is 1. The van der Waals surface area contributed by atoms with E-state index in [9.17, 15) is 4.79 Å². The van der Waals surface area contributed by atoms with E-state index in [0.29, 0.717) is 18.0 Å². The summed E-state index contributed by atoms with van der Waals surface area (Å²) in [5, 5.41) is 3.30. The summed E-state index contributed by atoms with van der Waals surface area (Å²) < 4.78 is 0. The maximum atomic E-state index is 10.6. The van der Waals surface area contributed by atoms with E-state index in [2.05, 4.69) is 5.32 Å². The molecule has 3 nitrogen and oxygen atoms in total. The van der Waals surface area contributed by atoms with Gasteiger partial charge in [-0.05, 0) is 31.1 Å². The van der Waals surface area contributed by atoms with Gasteiger partial charge >= 0.3 is 0 Å². The fraction of sp³-hybridized carbons (Fsp3) is 0.900. The van der Waals surface area contributed by atoms with Gasteiger partial charge in [0.05, 0.1) is 6.54 Å². The van der Waals surface area contributed by atoms with Crippen molar-refractivity contribution in [2.24, 2.45) is 11.1 Å². The van der Waals surface area contributed by atoms with Crippen LogP contribution in [0, 0.1) is 5.41 Å². The van der Waals surface area contributed by atoms with E-state index in [1.165, 1.54) is 38.5 Å². The topological polar surface area (TPSA) is 55.1 Å². The van der Waals surface area contributed by atoms with Crippen LogP contribution in [-0.2, 0) is 4.79 Å². The fourth-order valence-corrected chi connectivity index (χ4v) is 2.91. The van der Waals surface area contributed by atoms with E-state index in [4.69, 9.17) is 5.73 Å². The Kier molecular flexibility index (Phi) is 2.28. The number of amides is 1. The molecule has 2 rings (SSSR count). The van der Waals surface area contributed by atoms with Crippen LogP contribution in [0.4, 0.5) is 0 Å². The summed E-state index contributed by atoms with van der Waals surface area (Å²) in [7, 11) is 0. The first-order valence-corrected chi connectivity index (χ1v) is 5.25. The molecule has 0 aromatic rings. The van der Waals surface area contributed by atoms with E-state index in [1.807, 2.05) is 0 Å². The lowest BCUT2D eigenvalue weighted by atomic mass is 9.65. The summed E-state index contributed by atoms with van der Waals surface area (Å²) in [4.78, 5) is 10.6. The zero-order valence-electron chi connectivity index (χ0n) is 8.01. The molecule has 0 aromatic carbocycles. The zero-order chi connectivity index (χ0) is 9.31. The highest BCUT2D eigenvalue weighted by Crippen LogP contribution is 2.52. The molecule has 0 radical (unpaired) electrons. The summed E-state index contributed by atoms with van der Waals surface area (Å²) in [6.45, 7) is 0.354. The molecular formula is C10H18N2O. The van der Waals surface area contributed by atoms with Crippen LogP contribution in [0.3, 0.4) is 0 Å². The highest BCUT2D eigenvalue weighted by molar-refractivity contribution is 5.75. The van der Waals surface area contributed by atoms with Gasteiger partial charge in [0, 0.05) is 6.04 Å². The van der Waals surface area contributed by atoms with E-state index < -0.39 is 0 Å². The number of carbonyl (C=O) groups is 1. The maximum absolute atomic E-state index is 10.6. The molecule has 74 valence electrons. The highest BCUT2D eigenvalue weighted by atomic mass is 16.1. The molecule has 1 atom stereocenters. The van der Waals surface area contributed by atoms with Crippen LogP contribution in [0.5, 0.6) is 0 Å². The highest BCUT2D eigenvalue weighted by Gasteiger charge is 2.46. The number of rotatable bonds is 3. The first-order valence-electron chi connectivity index (χ1n) is 5.25. The average molecular weight is 182 g/mol. The Hall–Kier alpha value is -0.570. The van der Waals surface area contributed by atoms with Crippen LogP contribution in [-0.4, -0.2) is 18.5 Å². The van der Waals surface area contributed by atoms with Crippen LogP contribution < -0.4 is 11.1 Å². The predicted octanol–water partition coefficient (Wildman–Crippen LogP) is 0.784. The quantitative estimate of drug-likeness (QED) is 0.678. The number of hydrogen-bond donors (Lipinski definition) is 2. The molecule has 2 fully saturated rings. The van der Waals surface area contributed by atoms with Gasteiger partial charge in [0.15, 0.2) is 0 Å². The van der Waals surface area contributed by atoms with Crippen LogP contribution >= 0.6 is 0 Å². The average Bonchev–Trinajstić information content (AvgIpc) is 2.42. The Morgan fingerprint density at radius 3 is 2.62 bits per heavy atom. The minimum atomic E-state index is -0.235. The molecule has 2 aliphatic rings. The summed E-state index contributed by atoms with van der Waals surface area (Å²) >= 11 is 0. The standard InChI is InChI=1S/C10H18N2O/c11-9(13)7-12-8-3-1-4-10(8)5-2-6-10/h8,12H,1-7H2,(H2,11,13). The van der Waals surface area contributed by atoms with Crippen molar-refractivity contribution >= 4 is 5.91 Å². The largest absolute Gasteiger partial charge is 0.369 e. The SMILES string of the molecule is NC(=O)CNC1CCCC12CCC2. The molecule has 1 spiro atoms. The molecule has 13 heavy (non-hydrogen) atoms. The van der Waals surface area contributed by atoms with Crippen LogP contribution in [0.1, 0.15) is 38.5 Å². The normalized spacial score (nSPS) is 30.3. The summed E-state index contributed by atoms with van der Waals surface area (Å²) in [6, 6.07) is 0.564. The van der Waals surface area contributed by atoms with Crippen molar-refractivity contribution in [3.8, 4) is 0 Å². The first kappa shape index (κ1) is 9.00. The lowest BCUT2D eigenvalue weighted by Gasteiger charge is -2.44. The molecule has 0 bridgehead atoms. The second-order valence-corrected chi connectivity index (χ2v) is 4.51. The Labute approximate surface area is 79.1 Å². The van der Waals surface area contributed by atoms with Crippen molar-refractivity contribution in [3.63, 3.8) is 0 Å². The van der Waals surface area contributed by atoms with Crippen molar-refractivity contribution in [3.05, 3.63) is 0 Å². The predicted molar refractivity (Wildman–Crippen MR) is 51.1 cm³/mol. The number of nitrogens with two attached hydrogens (primary N) is 1. The monoisotopic (exact) mass is 182 g/mol. The van der Waals surface area contributed by atoms with E-state index >= 15 is 0 Å². The van der Waals surface area contributed by atoms with Crippen LogP contribution in [0.25, 0.3) is 0 Å². The molecule has 2 aliphatic carbocycles. The van der Waals surface area contributed by atoms with Gasteiger partial charge in [-0.15, -0.1) is 0 Å². The summed E-state index contributed by atoms with van der Waals surface area (Å²) in [5.41, 5.74) is 5.67.